The number of carboxylic acid groups (broad SMARTS) is 2. The van der Waals surface area contributed by atoms with Crippen LogP contribution < -0.4 is 33.2 Å². The second kappa shape index (κ2) is 20.5. The molecule has 3 amide bonds. The van der Waals surface area contributed by atoms with Gasteiger partial charge in [0.05, 0.1) is 12.5 Å². The lowest BCUT2D eigenvalue weighted by atomic mass is 9.91. The highest BCUT2D eigenvalue weighted by atomic mass is 16.4. The zero-order valence-corrected chi connectivity index (χ0v) is 26.7. The normalized spacial score (nSPS) is 14.2. The maximum atomic E-state index is 13.3. The van der Waals surface area contributed by atoms with Gasteiger partial charge in [0.1, 0.15) is 23.9 Å². The highest BCUT2D eigenvalue weighted by Crippen LogP contribution is 2.17. The highest BCUT2D eigenvalue weighted by Gasteiger charge is 2.34. The number of carbonyl (C=O) groups is 6. The summed E-state index contributed by atoms with van der Waals surface area (Å²) in [6.07, 6.45) is 1.32. The van der Waals surface area contributed by atoms with Gasteiger partial charge in [-0.05, 0) is 30.7 Å². The molecule has 0 fully saturated rings. The van der Waals surface area contributed by atoms with Gasteiger partial charge in [-0.2, -0.15) is 0 Å². The monoisotopic (exact) mass is 647 g/mol. The summed E-state index contributed by atoms with van der Waals surface area (Å²) in [6, 6.07) is 3.69. The Morgan fingerprint density at radius 2 is 1.46 bits per heavy atom. The van der Waals surface area contributed by atoms with E-state index in [4.69, 9.17) is 17.2 Å². The van der Waals surface area contributed by atoms with E-state index in [2.05, 4.69) is 20.9 Å². The molecule has 1 aromatic rings. The number of aliphatic imine (C=N–C) groups is 1. The number of nitrogens with two attached hydrogens (primary N) is 3. The zero-order valence-electron chi connectivity index (χ0n) is 26.7. The molecule has 15 nitrogen and oxygen atoms in total. The number of amides is 3. The van der Waals surface area contributed by atoms with E-state index in [9.17, 15) is 39.0 Å². The summed E-state index contributed by atoms with van der Waals surface area (Å²) in [5.41, 5.74) is 17.3. The number of benzene rings is 1. The van der Waals surface area contributed by atoms with Crippen molar-refractivity contribution in [2.24, 2.45) is 34.0 Å². The van der Waals surface area contributed by atoms with Crippen LogP contribution in [-0.2, 0) is 35.2 Å². The van der Waals surface area contributed by atoms with Crippen molar-refractivity contribution >= 4 is 41.4 Å². The lowest BCUT2D eigenvalue weighted by Gasteiger charge is -2.27. The van der Waals surface area contributed by atoms with Crippen LogP contribution in [0.3, 0.4) is 0 Å². The van der Waals surface area contributed by atoms with Crippen molar-refractivity contribution in [3.8, 4) is 0 Å². The number of rotatable bonds is 22. The van der Waals surface area contributed by atoms with Crippen LogP contribution >= 0.6 is 0 Å². The van der Waals surface area contributed by atoms with E-state index in [1.807, 2.05) is 6.92 Å². The van der Waals surface area contributed by atoms with E-state index in [1.54, 1.807) is 44.2 Å². The number of guanidine groups is 1. The molecule has 0 aliphatic carbocycles. The number of Topliss-reactive ketones (excluding diaryl/α,β-unsaturated/α-hetero) is 1. The average molecular weight is 648 g/mol. The first-order valence-corrected chi connectivity index (χ1v) is 15.4. The van der Waals surface area contributed by atoms with Crippen molar-refractivity contribution in [1.29, 1.82) is 0 Å². The van der Waals surface area contributed by atoms with Crippen LogP contribution in [0.15, 0.2) is 35.3 Å². The SMILES string of the molecule is CCCC[C@H](CC(=O)[C@@H](N)CCCN=C(N)N)C(=O)N[C@@H](CC(=O)O)C(=O)N[C@@H](C(=O)N[C@@H](Cc1ccccc1)C(=O)O)C(C)C. The third-order valence-electron chi connectivity index (χ3n) is 7.26. The zero-order chi connectivity index (χ0) is 34.8. The molecule has 11 N–H and O–H groups in total. The Hall–Kier alpha value is -4.53. The molecule has 46 heavy (non-hydrogen) atoms. The predicted molar refractivity (Wildman–Crippen MR) is 171 cm³/mol. The van der Waals surface area contributed by atoms with Crippen molar-refractivity contribution in [2.45, 2.75) is 96.3 Å². The van der Waals surface area contributed by atoms with Crippen LogP contribution in [0.1, 0.15) is 71.3 Å². The quantitative estimate of drug-likeness (QED) is 0.0473. The fourth-order valence-corrected chi connectivity index (χ4v) is 4.62. The molecule has 1 aromatic carbocycles. The summed E-state index contributed by atoms with van der Waals surface area (Å²) in [4.78, 5) is 80.0. The van der Waals surface area contributed by atoms with E-state index in [1.165, 1.54) is 0 Å². The Balaban J connectivity index is 3.03. The molecule has 1 rings (SSSR count). The van der Waals surface area contributed by atoms with Crippen molar-refractivity contribution in [1.82, 2.24) is 16.0 Å². The molecule has 0 spiro atoms. The average Bonchev–Trinajstić information content (AvgIpc) is 2.98. The summed E-state index contributed by atoms with van der Waals surface area (Å²) >= 11 is 0. The molecule has 0 unspecified atom stereocenters. The maximum Gasteiger partial charge on any atom is 0.326 e. The number of carbonyl (C=O) groups excluding carboxylic acids is 4. The van der Waals surface area contributed by atoms with Crippen molar-refractivity contribution < 1.29 is 39.0 Å². The van der Waals surface area contributed by atoms with E-state index >= 15 is 0 Å². The number of nitrogens with one attached hydrogen (secondary N) is 3. The van der Waals surface area contributed by atoms with Crippen LogP contribution in [0.25, 0.3) is 0 Å². The topological polar surface area (TPSA) is 269 Å². The molecule has 15 heteroatoms. The Bertz CT molecular complexity index is 1200. The van der Waals surface area contributed by atoms with Gasteiger partial charge in [-0.3, -0.25) is 29.0 Å². The van der Waals surface area contributed by atoms with Gasteiger partial charge in [-0.25, -0.2) is 4.79 Å². The van der Waals surface area contributed by atoms with Crippen LogP contribution in [0, 0.1) is 11.8 Å². The van der Waals surface area contributed by atoms with E-state index in [0.29, 0.717) is 31.2 Å². The summed E-state index contributed by atoms with van der Waals surface area (Å²) in [5.74, 6) is -6.95. The predicted octanol–water partition coefficient (Wildman–Crippen LogP) is 0.0453. The van der Waals surface area contributed by atoms with Gasteiger partial charge < -0.3 is 43.4 Å². The molecule has 0 aliphatic rings. The summed E-state index contributed by atoms with van der Waals surface area (Å²) in [6.45, 7) is 5.43. The molecular weight excluding hydrogens is 598 g/mol. The first kappa shape index (κ1) is 39.5. The van der Waals surface area contributed by atoms with Gasteiger partial charge in [0.25, 0.3) is 0 Å². The minimum atomic E-state index is -1.58. The number of hydrogen-bond donors (Lipinski definition) is 8. The first-order valence-electron chi connectivity index (χ1n) is 15.4. The van der Waals surface area contributed by atoms with Crippen molar-refractivity contribution in [3.05, 3.63) is 35.9 Å². The molecule has 5 atom stereocenters. The van der Waals surface area contributed by atoms with Gasteiger partial charge >= 0.3 is 11.9 Å². The standard InChI is InChI=1S/C31H49N7O8/c1-4-5-12-20(16-24(39)21(32)13-9-14-35-31(33)34)27(42)36-22(17-25(40)41)28(43)38-26(18(2)3)29(44)37-23(30(45)46)15-19-10-7-6-8-11-19/h6-8,10-11,18,20-23,26H,4-5,9,12-17,32H2,1-3H3,(H,36,42)(H,37,44)(H,38,43)(H,40,41)(H,45,46)(H4,33,34,35)/t20-,21+,22+,23+,26-/m1/s1. The van der Waals surface area contributed by atoms with Crippen LogP contribution in [-0.4, -0.2) is 82.3 Å². The molecule has 0 saturated carbocycles. The van der Waals surface area contributed by atoms with Crippen molar-refractivity contribution in [2.75, 3.05) is 6.54 Å². The smallest absolute Gasteiger partial charge is 0.326 e. The molecule has 0 saturated heterocycles. The van der Waals surface area contributed by atoms with Gasteiger partial charge in [-0.1, -0.05) is 63.9 Å². The highest BCUT2D eigenvalue weighted by molar-refractivity contribution is 5.96. The van der Waals surface area contributed by atoms with Gasteiger partial charge in [0, 0.05) is 25.3 Å². The van der Waals surface area contributed by atoms with Crippen LogP contribution in [0.5, 0.6) is 0 Å². The lowest BCUT2D eigenvalue weighted by Crippen LogP contribution is -2.58. The number of ketones is 1. The Labute approximate surface area is 269 Å². The Morgan fingerprint density at radius 3 is 2.00 bits per heavy atom. The number of unbranched alkanes of at least 4 members (excludes halogenated alkanes) is 1. The van der Waals surface area contributed by atoms with Crippen LogP contribution in [0.2, 0.25) is 0 Å². The summed E-state index contributed by atoms with van der Waals surface area (Å²) < 4.78 is 0. The summed E-state index contributed by atoms with van der Waals surface area (Å²) in [5, 5.41) is 26.5. The molecule has 0 radical (unpaired) electrons. The number of aliphatic carboxylic acids is 2. The number of hydrogen-bond acceptors (Lipinski definition) is 8. The minimum Gasteiger partial charge on any atom is -0.481 e. The van der Waals surface area contributed by atoms with Gasteiger partial charge in [-0.15, -0.1) is 0 Å². The first-order chi connectivity index (χ1) is 21.7. The third-order valence-corrected chi connectivity index (χ3v) is 7.26. The lowest BCUT2D eigenvalue weighted by molar-refractivity contribution is -0.143. The summed E-state index contributed by atoms with van der Waals surface area (Å²) in [7, 11) is 0. The molecule has 0 aromatic heterocycles. The molecule has 0 aliphatic heterocycles. The van der Waals surface area contributed by atoms with Gasteiger partial charge in [0.15, 0.2) is 5.96 Å². The minimum absolute atomic E-state index is 0.00380. The molecule has 256 valence electrons. The number of carboxylic acids is 2. The Kier molecular flexibility index (Phi) is 17.6. The molecule has 0 bridgehead atoms. The van der Waals surface area contributed by atoms with Gasteiger partial charge in [0.2, 0.25) is 17.7 Å². The van der Waals surface area contributed by atoms with Crippen LogP contribution in [0.4, 0.5) is 0 Å². The van der Waals surface area contributed by atoms with E-state index in [-0.39, 0.29) is 37.6 Å². The molecule has 0 heterocycles. The van der Waals surface area contributed by atoms with Crippen molar-refractivity contribution in [3.63, 3.8) is 0 Å². The third kappa shape index (κ3) is 15.0. The second-order valence-corrected chi connectivity index (χ2v) is 11.5. The van der Waals surface area contributed by atoms with E-state index < -0.39 is 72.1 Å². The number of nitrogens with zero attached hydrogens (tertiary/aromatic N) is 1. The van der Waals surface area contributed by atoms with E-state index in [0.717, 1.165) is 0 Å². The second-order valence-electron chi connectivity index (χ2n) is 11.5. The molecular formula is C31H49N7O8. The Morgan fingerprint density at radius 1 is 0.826 bits per heavy atom. The fourth-order valence-electron chi connectivity index (χ4n) is 4.62. The largest absolute Gasteiger partial charge is 0.481 e. The maximum absolute atomic E-state index is 13.3. The fraction of sp³-hybridized carbons (Fsp3) is 0.581.